The molecule has 0 radical (unpaired) electrons. The van der Waals surface area contributed by atoms with Crippen LogP contribution in [-0.2, 0) is 6.54 Å². The van der Waals surface area contributed by atoms with Crippen LogP contribution in [0.3, 0.4) is 0 Å². The van der Waals surface area contributed by atoms with E-state index in [1.54, 1.807) is 11.3 Å². The first-order valence-electron chi connectivity index (χ1n) is 7.26. The van der Waals surface area contributed by atoms with Crippen molar-refractivity contribution in [1.29, 1.82) is 0 Å². The summed E-state index contributed by atoms with van der Waals surface area (Å²) in [6.07, 6.45) is 6.69. The summed E-state index contributed by atoms with van der Waals surface area (Å²) in [7, 11) is 0. The lowest BCUT2D eigenvalue weighted by atomic mass is 10.1. The van der Waals surface area contributed by atoms with Crippen LogP contribution in [0.1, 0.15) is 48.8 Å². The van der Waals surface area contributed by atoms with Gasteiger partial charge in [0.05, 0.1) is 4.88 Å². The molecule has 1 aliphatic heterocycles. The number of nitrogens with zero attached hydrogens (tertiary/aromatic N) is 1. The van der Waals surface area contributed by atoms with E-state index in [9.17, 15) is 0 Å². The van der Waals surface area contributed by atoms with Gasteiger partial charge in [-0.05, 0) is 37.9 Å². The molecule has 0 spiro atoms. The van der Waals surface area contributed by atoms with Gasteiger partial charge in [0, 0.05) is 17.5 Å². The Hall–Kier alpha value is -0.820. The fourth-order valence-electron chi connectivity index (χ4n) is 2.76. The maximum absolute atomic E-state index is 8.72. The van der Waals surface area contributed by atoms with E-state index in [2.05, 4.69) is 35.8 Å². The molecule has 19 heavy (non-hydrogen) atoms. The Labute approximate surface area is 120 Å². The molecule has 0 bridgehead atoms. The quantitative estimate of drug-likeness (QED) is 0.857. The second-order valence-corrected chi connectivity index (χ2v) is 6.28. The third-order valence-corrected chi connectivity index (χ3v) is 4.77. The van der Waals surface area contributed by atoms with E-state index < -0.39 is 0 Å². The predicted molar refractivity (Wildman–Crippen MR) is 81.2 cm³/mol. The Kier molecular flexibility index (Phi) is 5.91. The monoisotopic (exact) mass is 277 g/mol. The zero-order chi connectivity index (χ0) is 13.5. The topological polar surface area (TPSA) is 23.5 Å². The van der Waals surface area contributed by atoms with Crippen molar-refractivity contribution in [2.24, 2.45) is 0 Å². The molecule has 0 aromatic carbocycles. The molecule has 1 N–H and O–H groups in total. The molecule has 2 nitrogen and oxygen atoms in total. The summed E-state index contributed by atoms with van der Waals surface area (Å²) >= 11 is 1.76. The van der Waals surface area contributed by atoms with Gasteiger partial charge in [-0.3, -0.25) is 4.90 Å². The summed E-state index contributed by atoms with van der Waals surface area (Å²) in [6, 6.07) is 5.00. The molecule has 1 fully saturated rings. The zero-order valence-electron chi connectivity index (χ0n) is 11.7. The molecule has 2 heterocycles. The lowest BCUT2D eigenvalue weighted by Gasteiger charge is -2.28. The molecule has 1 aliphatic rings. The SMILES string of the molecule is CCC1CCCCCN1Cc1ccc(C#CCO)s1. The van der Waals surface area contributed by atoms with Crippen LogP contribution in [0, 0.1) is 11.8 Å². The van der Waals surface area contributed by atoms with Gasteiger partial charge < -0.3 is 5.11 Å². The Morgan fingerprint density at radius 3 is 3.05 bits per heavy atom. The average Bonchev–Trinajstić information content (AvgIpc) is 2.74. The van der Waals surface area contributed by atoms with Crippen molar-refractivity contribution in [3.05, 3.63) is 21.9 Å². The molecular weight excluding hydrogens is 254 g/mol. The van der Waals surface area contributed by atoms with Gasteiger partial charge in [-0.15, -0.1) is 11.3 Å². The van der Waals surface area contributed by atoms with Crippen molar-refractivity contribution in [2.45, 2.75) is 51.6 Å². The zero-order valence-corrected chi connectivity index (χ0v) is 12.5. The highest BCUT2D eigenvalue weighted by Crippen LogP contribution is 2.24. The number of aliphatic hydroxyl groups excluding tert-OH is 1. The van der Waals surface area contributed by atoms with Crippen LogP contribution < -0.4 is 0 Å². The Balaban J connectivity index is 1.99. The molecule has 2 rings (SSSR count). The van der Waals surface area contributed by atoms with Crippen molar-refractivity contribution in [3.63, 3.8) is 0 Å². The van der Waals surface area contributed by atoms with Crippen molar-refractivity contribution >= 4 is 11.3 Å². The van der Waals surface area contributed by atoms with Crippen LogP contribution in [0.25, 0.3) is 0 Å². The number of rotatable bonds is 3. The minimum atomic E-state index is -0.0583. The standard InChI is InChI=1S/C16H23NOS/c1-2-14-7-4-3-5-11-17(14)13-16-10-9-15(19-16)8-6-12-18/h9-10,14,18H,2-5,7,11-13H2,1H3. The Morgan fingerprint density at radius 2 is 2.26 bits per heavy atom. The smallest absolute Gasteiger partial charge is 0.104 e. The van der Waals surface area contributed by atoms with Crippen molar-refractivity contribution in [3.8, 4) is 11.8 Å². The summed E-state index contributed by atoms with van der Waals surface area (Å²) < 4.78 is 0. The fraction of sp³-hybridized carbons (Fsp3) is 0.625. The van der Waals surface area contributed by atoms with E-state index in [4.69, 9.17) is 5.11 Å². The van der Waals surface area contributed by atoms with E-state index >= 15 is 0 Å². The maximum atomic E-state index is 8.72. The molecule has 3 heteroatoms. The highest BCUT2D eigenvalue weighted by molar-refractivity contribution is 7.12. The van der Waals surface area contributed by atoms with Gasteiger partial charge in [-0.1, -0.05) is 31.6 Å². The molecule has 1 saturated heterocycles. The first-order chi connectivity index (χ1) is 9.33. The van der Waals surface area contributed by atoms with Gasteiger partial charge in [0.15, 0.2) is 0 Å². The highest BCUT2D eigenvalue weighted by Gasteiger charge is 2.19. The fourth-order valence-corrected chi connectivity index (χ4v) is 3.67. The molecule has 1 unspecified atom stereocenters. The first kappa shape index (κ1) is 14.6. The van der Waals surface area contributed by atoms with Gasteiger partial charge in [-0.2, -0.15) is 0 Å². The molecule has 0 amide bonds. The van der Waals surface area contributed by atoms with Gasteiger partial charge in [0.25, 0.3) is 0 Å². The number of hydrogen-bond donors (Lipinski definition) is 1. The van der Waals surface area contributed by atoms with E-state index in [1.165, 1.54) is 43.5 Å². The molecule has 1 aromatic rings. The molecule has 0 saturated carbocycles. The van der Waals surface area contributed by atoms with Gasteiger partial charge >= 0.3 is 0 Å². The summed E-state index contributed by atoms with van der Waals surface area (Å²) in [5, 5.41) is 8.72. The third kappa shape index (κ3) is 4.35. The van der Waals surface area contributed by atoms with Crippen LogP contribution in [0.2, 0.25) is 0 Å². The summed E-state index contributed by atoms with van der Waals surface area (Å²) in [4.78, 5) is 5.09. The van der Waals surface area contributed by atoms with Gasteiger partial charge in [0.1, 0.15) is 6.61 Å². The predicted octanol–water partition coefficient (Wildman–Crippen LogP) is 3.25. The minimum absolute atomic E-state index is 0.0583. The molecule has 104 valence electrons. The van der Waals surface area contributed by atoms with Crippen LogP contribution in [0.4, 0.5) is 0 Å². The van der Waals surface area contributed by atoms with Crippen molar-refractivity contribution in [1.82, 2.24) is 4.90 Å². The van der Waals surface area contributed by atoms with E-state index in [0.29, 0.717) is 0 Å². The van der Waals surface area contributed by atoms with Crippen LogP contribution >= 0.6 is 11.3 Å². The second-order valence-electron chi connectivity index (χ2n) is 5.11. The summed E-state index contributed by atoms with van der Waals surface area (Å²) in [5.74, 6) is 5.70. The average molecular weight is 277 g/mol. The number of hydrogen-bond acceptors (Lipinski definition) is 3. The van der Waals surface area contributed by atoms with Crippen molar-refractivity contribution in [2.75, 3.05) is 13.2 Å². The Bertz CT molecular complexity index is 443. The number of thiophene rings is 1. The molecular formula is C16H23NOS. The Morgan fingerprint density at radius 1 is 1.37 bits per heavy atom. The van der Waals surface area contributed by atoms with Crippen LogP contribution in [0.15, 0.2) is 12.1 Å². The largest absolute Gasteiger partial charge is 0.384 e. The first-order valence-corrected chi connectivity index (χ1v) is 8.07. The summed E-state index contributed by atoms with van der Waals surface area (Å²) in [6.45, 7) is 4.53. The second kappa shape index (κ2) is 7.69. The van der Waals surface area contributed by atoms with E-state index in [0.717, 1.165) is 17.5 Å². The van der Waals surface area contributed by atoms with Gasteiger partial charge in [-0.25, -0.2) is 0 Å². The van der Waals surface area contributed by atoms with Crippen LogP contribution in [0.5, 0.6) is 0 Å². The molecule has 0 aliphatic carbocycles. The molecule has 1 aromatic heterocycles. The third-order valence-electron chi connectivity index (χ3n) is 3.78. The molecule has 1 atom stereocenters. The van der Waals surface area contributed by atoms with Crippen LogP contribution in [-0.4, -0.2) is 29.2 Å². The van der Waals surface area contributed by atoms with Crippen molar-refractivity contribution < 1.29 is 5.11 Å². The summed E-state index contributed by atoms with van der Waals surface area (Å²) in [5.41, 5.74) is 0. The number of aliphatic hydroxyl groups is 1. The lowest BCUT2D eigenvalue weighted by Crippen LogP contribution is -2.33. The highest BCUT2D eigenvalue weighted by atomic mass is 32.1. The number of likely N-dealkylation sites (tertiary alicyclic amines) is 1. The maximum Gasteiger partial charge on any atom is 0.104 e. The minimum Gasteiger partial charge on any atom is -0.384 e. The normalized spacial score (nSPS) is 20.6. The van der Waals surface area contributed by atoms with E-state index in [1.807, 2.05) is 0 Å². The van der Waals surface area contributed by atoms with Gasteiger partial charge in [0.2, 0.25) is 0 Å². The van der Waals surface area contributed by atoms with E-state index in [-0.39, 0.29) is 6.61 Å². The lowest BCUT2D eigenvalue weighted by molar-refractivity contribution is 0.188.